The molecule has 2 amide bonds. The maximum Gasteiger partial charge on any atom is 0.264 e. The van der Waals surface area contributed by atoms with Gasteiger partial charge in [-0.3, -0.25) is 13.9 Å². The number of aryl methyl sites for hydroxylation is 1. The van der Waals surface area contributed by atoms with Crippen LogP contribution < -0.4 is 23.8 Å². The fraction of sp³-hybridized carbons (Fsp3) is 0.394. The Labute approximate surface area is 261 Å². The van der Waals surface area contributed by atoms with Crippen molar-refractivity contribution in [1.82, 2.24) is 10.2 Å². The van der Waals surface area contributed by atoms with Crippen LogP contribution >= 0.6 is 0 Å². The first-order chi connectivity index (χ1) is 20.9. The van der Waals surface area contributed by atoms with E-state index in [0.717, 1.165) is 15.4 Å². The first kappa shape index (κ1) is 34.2. The minimum absolute atomic E-state index is 0.00170. The van der Waals surface area contributed by atoms with Crippen molar-refractivity contribution in [2.75, 3.05) is 38.7 Å². The lowest BCUT2D eigenvalue weighted by Crippen LogP contribution is -2.52. The van der Waals surface area contributed by atoms with Crippen molar-refractivity contribution in [2.45, 2.75) is 51.6 Å². The van der Waals surface area contributed by atoms with Crippen molar-refractivity contribution in [1.29, 1.82) is 0 Å². The second-order valence-corrected chi connectivity index (χ2v) is 12.7. The van der Waals surface area contributed by atoms with Gasteiger partial charge >= 0.3 is 0 Å². The topological polar surface area (TPSA) is 114 Å². The van der Waals surface area contributed by atoms with Crippen LogP contribution in [0.2, 0.25) is 0 Å². The predicted molar refractivity (Wildman–Crippen MR) is 171 cm³/mol. The molecule has 0 saturated heterocycles. The lowest BCUT2D eigenvalue weighted by atomic mass is 10.1. The van der Waals surface area contributed by atoms with E-state index >= 15 is 0 Å². The lowest BCUT2D eigenvalue weighted by molar-refractivity contribution is -0.140. The van der Waals surface area contributed by atoms with Crippen molar-refractivity contribution in [3.8, 4) is 17.2 Å². The quantitative estimate of drug-likeness (QED) is 0.258. The second-order valence-electron chi connectivity index (χ2n) is 10.8. The van der Waals surface area contributed by atoms with Gasteiger partial charge in [-0.05, 0) is 61.2 Å². The van der Waals surface area contributed by atoms with Crippen LogP contribution in [0, 0.1) is 12.8 Å². The molecule has 3 aromatic carbocycles. The molecule has 0 aliphatic heterocycles. The maximum absolute atomic E-state index is 14.4. The number of methoxy groups -OCH3 is 3. The zero-order valence-electron chi connectivity index (χ0n) is 26.5. The molecule has 44 heavy (non-hydrogen) atoms. The van der Waals surface area contributed by atoms with Gasteiger partial charge in [-0.1, -0.05) is 50.6 Å². The van der Waals surface area contributed by atoms with E-state index in [1.807, 2.05) is 33.8 Å². The number of nitrogens with one attached hydrogen (secondary N) is 1. The van der Waals surface area contributed by atoms with Crippen molar-refractivity contribution in [2.24, 2.45) is 5.92 Å². The summed E-state index contributed by atoms with van der Waals surface area (Å²) in [4.78, 5) is 29.2. The number of nitrogens with zero attached hydrogens (tertiary/aromatic N) is 2. The molecule has 0 unspecified atom stereocenters. The molecular weight excluding hydrogens is 582 g/mol. The highest BCUT2D eigenvalue weighted by molar-refractivity contribution is 7.92. The maximum atomic E-state index is 14.4. The molecule has 3 rings (SSSR count). The molecule has 0 fully saturated rings. The fourth-order valence-electron chi connectivity index (χ4n) is 4.65. The number of ether oxygens (including phenoxy) is 3. The van der Waals surface area contributed by atoms with E-state index in [-0.39, 0.29) is 34.7 Å². The lowest BCUT2D eigenvalue weighted by Gasteiger charge is -2.33. The Morgan fingerprint density at radius 3 is 2.14 bits per heavy atom. The van der Waals surface area contributed by atoms with Gasteiger partial charge in [-0.25, -0.2) is 8.42 Å². The predicted octanol–water partition coefficient (Wildman–Crippen LogP) is 4.80. The third-order valence-electron chi connectivity index (χ3n) is 7.10. The number of benzene rings is 3. The number of hydrogen-bond donors (Lipinski definition) is 1. The average Bonchev–Trinajstić information content (AvgIpc) is 3.02. The largest absolute Gasteiger partial charge is 0.497 e. The van der Waals surface area contributed by atoms with Crippen LogP contribution in [0.1, 0.15) is 38.3 Å². The Hall–Kier alpha value is -4.25. The molecule has 10 nitrogen and oxygen atoms in total. The number of sulfonamides is 1. The summed E-state index contributed by atoms with van der Waals surface area (Å²) in [5.74, 6) is 0.524. The van der Waals surface area contributed by atoms with Crippen molar-refractivity contribution in [3.63, 3.8) is 0 Å². The summed E-state index contributed by atoms with van der Waals surface area (Å²) in [6.07, 6.45) is 0.312. The van der Waals surface area contributed by atoms with Gasteiger partial charge in [0.15, 0.2) is 0 Å². The van der Waals surface area contributed by atoms with Crippen LogP contribution in [0.15, 0.2) is 71.6 Å². The Balaban J connectivity index is 2.15. The van der Waals surface area contributed by atoms with Gasteiger partial charge in [-0.2, -0.15) is 0 Å². The Kier molecular flexibility index (Phi) is 12.0. The van der Waals surface area contributed by atoms with Crippen molar-refractivity contribution < 1.29 is 32.2 Å². The Morgan fingerprint density at radius 2 is 1.55 bits per heavy atom. The summed E-state index contributed by atoms with van der Waals surface area (Å²) < 4.78 is 45.8. The average molecular weight is 626 g/mol. The number of carbonyl (C=O) groups is 2. The molecule has 0 aliphatic carbocycles. The molecule has 11 heteroatoms. The molecule has 0 saturated carbocycles. The number of amides is 2. The van der Waals surface area contributed by atoms with Crippen molar-refractivity contribution in [3.05, 3.63) is 77.9 Å². The molecule has 0 aliphatic rings. The zero-order valence-corrected chi connectivity index (χ0v) is 27.3. The highest BCUT2D eigenvalue weighted by Gasteiger charge is 2.35. The van der Waals surface area contributed by atoms with Crippen LogP contribution in [0.25, 0.3) is 0 Å². The molecule has 0 heterocycles. The molecule has 0 bridgehead atoms. The monoisotopic (exact) mass is 625 g/mol. The van der Waals surface area contributed by atoms with Crippen LogP contribution in [0.3, 0.4) is 0 Å². The normalized spacial score (nSPS) is 11.9. The number of hydrogen-bond acceptors (Lipinski definition) is 7. The van der Waals surface area contributed by atoms with Crippen LogP contribution in [-0.4, -0.2) is 65.6 Å². The highest BCUT2D eigenvalue weighted by Crippen LogP contribution is 2.36. The summed E-state index contributed by atoms with van der Waals surface area (Å²) in [6, 6.07) is 17.4. The number of carbonyl (C=O) groups excluding carboxylic acids is 2. The van der Waals surface area contributed by atoms with Crippen molar-refractivity contribution >= 4 is 27.5 Å². The van der Waals surface area contributed by atoms with E-state index in [1.165, 1.54) is 37.3 Å². The number of anilines is 1. The summed E-state index contributed by atoms with van der Waals surface area (Å²) in [5.41, 5.74) is 1.73. The van der Waals surface area contributed by atoms with Gasteiger partial charge in [0.2, 0.25) is 11.8 Å². The highest BCUT2D eigenvalue weighted by atomic mass is 32.2. The first-order valence-electron chi connectivity index (χ1n) is 14.5. The van der Waals surface area contributed by atoms with Crippen LogP contribution in [0.4, 0.5) is 5.69 Å². The van der Waals surface area contributed by atoms with Crippen LogP contribution in [0.5, 0.6) is 17.2 Å². The molecule has 238 valence electrons. The van der Waals surface area contributed by atoms with Gasteiger partial charge in [0, 0.05) is 19.2 Å². The molecule has 0 spiro atoms. The summed E-state index contributed by atoms with van der Waals surface area (Å²) in [6.45, 7) is 7.53. The van der Waals surface area contributed by atoms with E-state index in [2.05, 4.69) is 5.32 Å². The molecular formula is C33H43N3O7S. The summed E-state index contributed by atoms with van der Waals surface area (Å²) >= 11 is 0. The molecule has 3 aromatic rings. The first-order valence-corrected chi connectivity index (χ1v) is 15.9. The standard InChI is InChI=1S/C33H43N3O7S/c1-8-29(33(38)34-20-23(2)3)35(21-25-10-9-11-26(18-25)41-5)32(37)22-36(30-19-27(42-6)14-17-31(30)43-7)44(39,40)28-15-12-24(4)13-16-28/h9-19,23,29H,8,20-22H2,1-7H3,(H,34,38)/t29-/m1/s1. The van der Waals surface area contributed by atoms with Gasteiger partial charge in [0.05, 0.1) is 31.9 Å². The minimum atomic E-state index is -4.28. The smallest absolute Gasteiger partial charge is 0.264 e. The third kappa shape index (κ3) is 8.43. The summed E-state index contributed by atoms with van der Waals surface area (Å²) in [7, 11) is 0.149. The van der Waals surface area contributed by atoms with Gasteiger partial charge in [-0.15, -0.1) is 0 Å². The Morgan fingerprint density at radius 1 is 0.886 bits per heavy atom. The van der Waals surface area contributed by atoms with E-state index in [0.29, 0.717) is 24.5 Å². The van der Waals surface area contributed by atoms with E-state index in [4.69, 9.17) is 14.2 Å². The summed E-state index contributed by atoms with van der Waals surface area (Å²) in [5, 5.41) is 2.93. The molecule has 0 aromatic heterocycles. The van der Waals surface area contributed by atoms with E-state index in [9.17, 15) is 18.0 Å². The van der Waals surface area contributed by atoms with E-state index < -0.39 is 28.5 Å². The number of rotatable bonds is 15. The van der Waals surface area contributed by atoms with Gasteiger partial charge < -0.3 is 24.4 Å². The zero-order chi connectivity index (χ0) is 32.4. The van der Waals surface area contributed by atoms with Crippen LogP contribution in [-0.2, 0) is 26.2 Å². The minimum Gasteiger partial charge on any atom is -0.497 e. The SMILES string of the molecule is CC[C@H](C(=O)NCC(C)C)N(Cc1cccc(OC)c1)C(=O)CN(c1cc(OC)ccc1OC)S(=O)(=O)c1ccc(C)cc1. The third-order valence-corrected chi connectivity index (χ3v) is 8.87. The molecule has 0 radical (unpaired) electrons. The molecule has 1 atom stereocenters. The van der Waals surface area contributed by atoms with E-state index in [1.54, 1.807) is 49.6 Å². The molecule has 1 N–H and O–H groups in total. The van der Waals surface area contributed by atoms with Gasteiger partial charge in [0.25, 0.3) is 10.0 Å². The fourth-order valence-corrected chi connectivity index (χ4v) is 6.07. The Bertz CT molecular complexity index is 1520. The van der Waals surface area contributed by atoms with Gasteiger partial charge in [0.1, 0.15) is 29.8 Å². The second kappa shape index (κ2) is 15.5.